The van der Waals surface area contributed by atoms with E-state index < -0.39 is 17.7 Å². The number of hydrogen-bond donors (Lipinski definition) is 3. The number of halogens is 2. The lowest BCUT2D eigenvalue weighted by Gasteiger charge is -2.20. The molecule has 1 aliphatic carbocycles. The monoisotopic (exact) mass is 487 g/mol. The number of aliphatic hydroxyl groups is 1. The summed E-state index contributed by atoms with van der Waals surface area (Å²) in [5.41, 5.74) is 2.33. The van der Waals surface area contributed by atoms with Gasteiger partial charge in [0.05, 0.1) is 24.9 Å². The summed E-state index contributed by atoms with van der Waals surface area (Å²) in [6.45, 7) is 2.36. The Morgan fingerprint density at radius 3 is 2.77 bits per heavy atom. The molecule has 1 unspecified atom stereocenters. The number of amides is 2. The Hall–Kier alpha value is -3.08. The van der Waals surface area contributed by atoms with Crippen molar-refractivity contribution >= 4 is 11.8 Å². The predicted octanol–water partition coefficient (Wildman–Crippen LogP) is 2.90. The van der Waals surface area contributed by atoms with E-state index in [0.29, 0.717) is 37.6 Å². The Morgan fingerprint density at radius 2 is 2.09 bits per heavy atom. The van der Waals surface area contributed by atoms with Crippen LogP contribution in [0.15, 0.2) is 48.1 Å². The number of rotatable bonds is 8. The molecule has 10 heteroatoms. The Morgan fingerprint density at radius 1 is 1.26 bits per heavy atom. The first-order valence-corrected chi connectivity index (χ1v) is 11.6. The van der Waals surface area contributed by atoms with Crippen molar-refractivity contribution in [1.29, 1.82) is 0 Å². The van der Waals surface area contributed by atoms with Gasteiger partial charge in [-0.05, 0) is 29.7 Å². The maximum atomic E-state index is 13.9. The zero-order chi connectivity index (χ0) is 24.9. The molecule has 2 aromatic rings. The van der Waals surface area contributed by atoms with E-state index in [-0.39, 0.29) is 24.5 Å². The van der Waals surface area contributed by atoms with Crippen LogP contribution in [0.5, 0.6) is 0 Å². The molecule has 2 aliphatic rings. The van der Waals surface area contributed by atoms with Crippen molar-refractivity contribution in [2.75, 3.05) is 45.3 Å². The molecular formula is C25H31F2N5O3. The average molecular weight is 488 g/mol. The van der Waals surface area contributed by atoms with E-state index in [1.54, 1.807) is 24.9 Å². The molecule has 1 saturated heterocycles. The van der Waals surface area contributed by atoms with E-state index in [1.807, 2.05) is 24.3 Å². The van der Waals surface area contributed by atoms with Gasteiger partial charge in [-0.3, -0.25) is 14.9 Å². The highest BCUT2D eigenvalue weighted by molar-refractivity contribution is 5.88. The van der Waals surface area contributed by atoms with Gasteiger partial charge in [-0.15, -0.1) is 0 Å². The number of anilines is 1. The molecule has 1 aromatic carbocycles. The molecule has 4 rings (SSSR count). The molecule has 1 aromatic heterocycles. The lowest BCUT2D eigenvalue weighted by molar-refractivity contribution is 0.159. The quantitative estimate of drug-likeness (QED) is 0.533. The number of nitrogens with one attached hydrogen (secondary N) is 2. The lowest BCUT2D eigenvalue weighted by Crippen LogP contribution is -2.42. The summed E-state index contributed by atoms with van der Waals surface area (Å²) in [4.78, 5) is 15.0. The molecule has 8 nitrogen and oxygen atoms in total. The molecule has 2 heterocycles. The van der Waals surface area contributed by atoms with Gasteiger partial charge < -0.3 is 15.2 Å². The third kappa shape index (κ3) is 5.95. The van der Waals surface area contributed by atoms with Crippen molar-refractivity contribution in [2.45, 2.75) is 24.3 Å². The van der Waals surface area contributed by atoms with E-state index in [9.17, 15) is 18.7 Å². The number of carbonyl (C=O) groups excluding carboxylic acids is 1. The second-order valence-electron chi connectivity index (χ2n) is 8.95. The molecule has 0 spiro atoms. The number of aryl methyl sites for hydroxylation is 1. The molecule has 3 N–H and O–H groups in total. The summed E-state index contributed by atoms with van der Waals surface area (Å²) in [6, 6.07) is 5.03. The van der Waals surface area contributed by atoms with E-state index in [2.05, 4.69) is 20.6 Å². The molecule has 35 heavy (non-hydrogen) atoms. The minimum absolute atomic E-state index is 0.00797. The van der Waals surface area contributed by atoms with Crippen LogP contribution in [-0.4, -0.2) is 71.8 Å². The Bertz CT molecular complexity index is 1120. The molecule has 0 bridgehead atoms. The summed E-state index contributed by atoms with van der Waals surface area (Å²) in [5, 5.41) is 19.6. The van der Waals surface area contributed by atoms with Crippen molar-refractivity contribution in [3.63, 3.8) is 0 Å². The maximum Gasteiger partial charge on any atom is 0.320 e. The van der Waals surface area contributed by atoms with Gasteiger partial charge in [0.2, 0.25) is 0 Å². The smallest absolute Gasteiger partial charge is 0.320 e. The van der Waals surface area contributed by atoms with E-state index in [0.717, 1.165) is 23.8 Å². The second kappa shape index (κ2) is 11.1. The Balaban J connectivity index is 1.43. The first kappa shape index (κ1) is 25.0. The van der Waals surface area contributed by atoms with Gasteiger partial charge in [-0.2, -0.15) is 5.10 Å². The van der Waals surface area contributed by atoms with Crippen LogP contribution < -0.4 is 10.6 Å². The van der Waals surface area contributed by atoms with Gasteiger partial charge in [-0.25, -0.2) is 13.6 Å². The molecule has 3 atom stereocenters. The largest absolute Gasteiger partial charge is 0.392 e. The van der Waals surface area contributed by atoms with Crippen molar-refractivity contribution in [3.05, 3.63) is 71.0 Å². The maximum absolute atomic E-state index is 13.9. The number of urea groups is 1. The fourth-order valence-electron chi connectivity index (χ4n) is 4.62. The minimum atomic E-state index is -0.902. The van der Waals surface area contributed by atoms with Crippen molar-refractivity contribution in [1.82, 2.24) is 20.0 Å². The number of benzene rings is 1. The fourth-order valence-corrected chi connectivity index (χ4v) is 4.62. The topological polar surface area (TPSA) is 91.7 Å². The summed E-state index contributed by atoms with van der Waals surface area (Å²) in [6.07, 6.45) is 6.59. The van der Waals surface area contributed by atoms with Gasteiger partial charge in [0, 0.05) is 51.7 Å². The van der Waals surface area contributed by atoms with Crippen molar-refractivity contribution < 1.29 is 23.4 Å². The number of hydrogen-bond acceptors (Lipinski definition) is 5. The van der Waals surface area contributed by atoms with Crippen LogP contribution in [0.4, 0.5) is 19.4 Å². The number of nitrogens with zero attached hydrogens (tertiary/aromatic N) is 3. The third-order valence-corrected chi connectivity index (χ3v) is 6.57. The number of likely N-dealkylation sites (tertiary alicyclic amines) is 1. The molecule has 1 fully saturated rings. The van der Waals surface area contributed by atoms with Crippen LogP contribution in [0.25, 0.3) is 0 Å². The standard InChI is InChI=1S/C25H31F2N5O3/c1-31-24(12-22(30-31)17-5-3-16(15-33)4-6-17)29-25(34)28-23-14-32(9-10-35-2)13-19(23)18-7-8-20(26)21(27)11-18/h3-5,7-8,11-12,17,19,23,33H,6,9-10,13-15H2,1-2H3,(H2,28,29,34)/t17?,19-,23+/m0/s1. The van der Waals surface area contributed by atoms with E-state index >= 15 is 0 Å². The number of aromatic nitrogens is 2. The average Bonchev–Trinajstić information content (AvgIpc) is 3.42. The van der Waals surface area contributed by atoms with Crippen LogP contribution >= 0.6 is 0 Å². The van der Waals surface area contributed by atoms with Crippen LogP contribution in [0.3, 0.4) is 0 Å². The summed E-state index contributed by atoms with van der Waals surface area (Å²) in [7, 11) is 3.38. The number of carbonyl (C=O) groups is 1. The van der Waals surface area contributed by atoms with Crippen LogP contribution in [0, 0.1) is 11.6 Å². The molecule has 188 valence electrons. The first-order chi connectivity index (χ1) is 16.9. The van der Waals surface area contributed by atoms with Gasteiger partial charge in [-0.1, -0.05) is 24.3 Å². The fraction of sp³-hybridized carbons (Fsp3) is 0.440. The summed E-state index contributed by atoms with van der Waals surface area (Å²) >= 11 is 0. The van der Waals surface area contributed by atoms with Crippen LogP contribution in [-0.2, 0) is 11.8 Å². The lowest BCUT2D eigenvalue weighted by atomic mass is 9.94. The number of aliphatic hydroxyl groups excluding tert-OH is 1. The molecule has 1 aliphatic heterocycles. The number of methoxy groups -OCH3 is 1. The van der Waals surface area contributed by atoms with Crippen LogP contribution in [0.2, 0.25) is 0 Å². The van der Waals surface area contributed by atoms with Gasteiger partial charge in [0.25, 0.3) is 0 Å². The molecule has 0 saturated carbocycles. The summed E-state index contributed by atoms with van der Waals surface area (Å²) < 4.78 is 34.2. The van der Waals surface area contributed by atoms with Crippen LogP contribution in [0.1, 0.15) is 29.5 Å². The predicted molar refractivity (Wildman–Crippen MR) is 128 cm³/mol. The van der Waals surface area contributed by atoms with E-state index in [1.165, 1.54) is 6.07 Å². The Labute approximate surface area is 203 Å². The third-order valence-electron chi connectivity index (χ3n) is 6.57. The Kier molecular flexibility index (Phi) is 7.94. The number of allylic oxidation sites excluding steroid dienone is 2. The van der Waals surface area contributed by atoms with E-state index in [4.69, 9.17) is 4.74 Å². The molecule has 0 radical (unpaired) electrons. The highest BCUT2D eigenvalue weighted by atomic mass is 19.2. The molecule has 2 amide bonds. The van der Waals surface area contributed by atoms with Crippen molar-refractivity contribution in [2.24, 2.45) is 7.05 Å². The highest BCUT2D eigenvalue weighted by Crippen LogP contribution is 2.30. The SMILES string of the molecule is COCCN1C[C@@H](NC(=O)Nc2cc(C3C=CC(CO)=CC3)nn2C)[C@H](c2ccc(F)c(F)c2)C1. The van der Waals surface area contributed by atoms with Gasteiger partial charge in [0.1, 0.15) is 5.82 Å². The minimum Gasteiger partial charge on any atom is -0.392 e. The van der Waals surface area contributed by atoms with Gasteiger partial charge in [0.15, 0.2) is 11.6 Å². The highest BCUT2D eigenvalue weighted by Gasteiger charge is 2.35. The number of ether oxygens (including phenoxy) is 1. The molecular weight excluding hydrogens is 456 g/mol. The first-order valence-electron chi connectivity index (χ1n) is 11.6. The second-order valence-corrected chi connectivity index (χ2v) is 8.95. The zero-order valence-electron chi connectivity index (χ0n) is 19.9. The zero-order valence-corrected chi connectivity index (χ0v) is 19.9. The van der Waals surface area contributed by atoms with Crippen molar-refractivity contribution in [3.8, 4) is 0 Å². The van der Waals surface area contributed by atoms with Gasteiger partial charge >= 0.3 is 6.03 Å². The normalized spacial score (nSPS) is 22.3. The summed E-state index contributed by atoms with van der Waals surface area (Å²) in [5.74, 6) is -1.39.